The van der Waals surface area contributed by atoms with E-state index in [0.717, 1.165) is 27.6 Å². The molecule has 4 aromatic rings. The molecule has 0 radical (unpaired) electrons. The van der Waals surface area contributed by atoms with Crippen LogP contribution in [0.4, 0.5) is 0 Å². The number of rotatable bonds is 2. The molecule has 30 heavy (non-hydrogen) atoms. The fourth-order valence-corrected chi connectivity index (χ4v) is 4.92. The lowest BCUT2D eigenvalue weighted by atomic mass is 9.75. The number of carbonyl (C=O) groups excluding carboxylic acids is 1. The van der Waals surface area contributed by atoms with Gasteiger partial charge < -0.3 is 9.47 Å². The molecule has 0 N–H and O–H groups in total. The Kier molecular flexibility index (Phi) is 3.87. The number of fused-ring (bicyclic) bond motifs is 2. The molecule has 2 aliphatic rings. The molecule has 0 aliphatic carbocycles. The Hall–Kier alpha value is -3.30. The fourth-order valence-electron chi connectivity index (χ4n) is 4.80. The largest absolute Gasteiger partial charge is 0.492 e. The highest BCUT2D eigenvalue weighted by Crippen LogP contribution is 2.52. The SMILES string of the molecule is O=C1Oc2cc3c(c4cccc1c24)OC[C@H](c1ccccc1)[C@H]3c1ccc(Cl)cc1. The van der Waals surface area contributed by atoms with Crippen molar-refractivity contribution in [2.45, 2.75) is 11.8 Å². The highest BCUT2D eigenvalue weighted by atomic mass is 35.5. The summed E-state index contributed by atoms with van der Waals surface area (Å²) in [7, 11) is 0. The van der Waals surface area contributed by atoms with Gasteiger partial charge in [-0.3, -0.25) is 0 Å². The number of ether oxygens (including phenoxy) is 2. The van der Waals surface area contributed by atoms with Crippen molar-refractivity contribution in [2.75, 3.05) is 6.61 Å². The Morgan fingerprint density at radius 1 is 0.867 bits per heavy atom. The first-order chi connectivity index (χ1) is 14.7. The summed E-state index contributed by atoms with van der Waals surface area (Å²) < 4.78 is 12.0. The molecular weight excluding hydrogens is 396 g/mol. The van der Waals surface area contributed by atoms with Crippen molar-refractivity contribution in [1.82, 2.24) is 0 Å². The van der Waals surface area contributed by atoms with Gasteiger partial charge in [0.25, 0.3) is 0 Å². The average Bonchev–Trinajstić information content (AvgIpc) is 3.11. The van der Waals surface area contributed by atoms with E-state index in [-0.39, 0.29) is 17.8 Å². The average molecular weight is 413 g/mol. The first-order valence-electron chi connectivity index (χ1n) is 9.96. The maximum Gasteiger partial charge on any atom is 0.344 e. The van der Waals surface area contributed by atoms with Gasteiger partial charge in [0.05, 0.1) is 12.2 Å². The molecule has 2 heterocycles. The van der Waals surface area contributed by atoms with E-state index in [1.54, 1.807) is 6.07 Å². The summed E-state index contributed by atoms with van der Waals surface area (Å²) in [6.07, 6.45) is 0. The van der Waals surface area contributed by atoms with Gasteiger partial charge >= 0.3 is 5.97 Å². The monoisotopic (exact) mass is 412 g/mol. The maximum atomic E-state index is 12.4. The lowest BCUT2D eigenvalue weighted by Crippen LogP contribution is -2.25. The number of halogens is 1. The number of esters is 1. The van der Waals surface area contributed by atoms with Gasteiger partial charge in [-0.15, -0.1) is 0 Å². The topological polar surface area (TPSA) is 35.5 Å². The Labute approximate surface area is 178 Å². The first kappa shape index (κ1) is 17.5. The summed E-state index contributed by atoms with van der Waals surface area (Å²) in [5.74, 6) is 1.32. The van der Waals surface area contributed by atoms with Crippen LogP contribution in [0.3, 0.4) is 0 Å². The zero-order valence-electron chi connectivity index (χ0n) is 16.0. The van der Waals surface area contributed by atoms with Gasteiger partial charge in [0, 0.05) is 33.2 Å². The third kappa shape index (κ3) is 2.55. The Bertz CT molecular complexity index is 1300. The molecule has 0 aromatic heterocycles. The molecular formula is C26H17ClO3. The summed E-state index contributed by atoms with van der Waals surface area (Å²) in [5, 5.41) is 2.48. The minimum absolute atomic E-state index is 0.0528. The first-order valence-corrected chi connectivity index (χ1v) is 10.3. The molecule has 2 atom stereocenters. The maximum absolute atomic E-state index is 12.4. The predicted octanol–water partition coefficient (Wildman–Crippen LogP) is 6.33. The third-order valence-electron chi connectivity index (χ3n) is 6.13. The molecule has 0 unspecified atom stereocenters. The van der Waals surface area contributed by atoms with Crippen LogP contribution in [-0.2, 0) is 0 Å². The molecule has 146 valence electrons. The zero-order chi connectivity index (χ0) is 20.2. The Balaban J connectivity index is 1.62. The normalized spacial score (nSPS) is 19.3. The van der Waals surface area contributed by atoms with E-state index < -0.39 is 0 Å². The molecule has 0 fully saturated rings. The minimum Gasteiger partial charge on any atom is -0.492 e. The van der Waals surface area contributed by atoms with E-state index in [1.165, 1.54) is 5.56 Å². The number of carbonyl (C=O) groups is 1. The number of hydrogen-bond donors (Lipinski definition) is 0. The van der Waals surface area contributed by atoms with E-state index in [1.807, 2.05) is 36.4 Å². The summed E-state index contributed by atoms with van der Waals surface area (Å²) in [5.41, 5.74) is 4.00. The van der Waals surface area contributed by atoms with Gasteiger partial charge in [-0.05, 0) is 35.4 Å². The van der Waals surface area contributed by atoms with Gasteiger partial charge in [-0.25, -0.2) is 4.79 Å². The van der Waals surface area contributed by atoms with E-state index >= 15 is 0 Å². The van der Waals surface area contributed by atoms with Crippen LogP contribution in [0.1, 0.15) is 38.9 Å². The Morgan fingerprint density at radius 3 is 2.47 bits per heavy atom. The molecule has 0 amide bonds. The molecule has 4 heteroatoms. The molecule has 0 bridgehead atoms. The van der Waals surface area contributed by atoms with Crippen molar-refractivity contribution in [1.29, 1.82) is 0 Å². The standard InChI is InChI=1S/C26H17ClO3/c27-17-11-9-16(10-12-17)23-20-13-22-24-18(7-4-8-19(24)26(28)30-22)25(20)29-14-21(23)15-5-2-1-3-6-15/h1-13,21,23H,14H2/t21-,23+/m1/s1. The van der Waals surface area contributed by atoms with Crippen molar-refractivity contribution >= 4 is 28.3 Å². The summed E-state index contributed by atoms with van der Waals surface area (Å²) in [6, 6.07) is 26.1. The molecule has 0 spiro atoms. The van der Waals surface area contributed by atoms with Crippen molar-refractivity contribution < 1.29 is 14.3 Å². The van der Waals surface area contributed by atoms with Crippen molar-refractivity contribution in [3.8, 4) is 11.5 Å². The smallest absolute Gasteiger partial charge is 0.344 e. The van der Waals surface area contributed by atoms with E-state index in [9.17, 15) is 4.79 Å². The second-order valence-electron chi connectivity index (χ2n) is 7.77. The Morgan fingerprint density at radius 2 is 1.67 bits per heavy atom. The molecule has 0 saturated heterocycles. The summed E-state index contributed by atoms with van der Waals surface area (Å²) >= 11 is 6.17. The van der Waals surface area contributed by atoms with Gasteiger partial charge in [0.1, 0.15) is 11.5 Å². The van der Waals surface area contributed by atoms with Crippen LogP contribution in [0.15, 0.2) is 78.9 Å². The molecule has 0 saturated carbocycles. The van der Waals surface area contributed by atoms with Crippen molar-refractivity contribution in [3.05, 3.63) is 106 Å². The summed E-state index contributed by atoms with van der Waals surface area (Å²) in [4.78, 5) is 12.4. The van der Waals surface area contributed by atoms with Gasteiger partial charge in [0.15, 0.2) is 0 Å². The van der Waals surface area contributed by atoms with E-state index in [0.29, 0.717) is 22.9 Å². The van der Waals surface area contributed by atoms with Crippen molar-refractivity contribution in [3.63, 3.8) is 0 Å². The number of hydrogen-bond acceptors (Lipinski definition) is 3. The highest BCUT2D eigenvalue weighted by molar-refractivity contribution is 6.30. The number of benzene rings is 4. The van der Waals surface area contributed by atoms with Crippen LogP contribution in [-0.4, -0.2) is 12.6 Å². The van der Waals surface area contributed by atoms with Gasteiger partial charge in [0.2, 0.25) is 0 Å². The second kappa shape index (κ2) is 6.61. The molecule has 2 aliphatic heterocycles. The van der Waals surface area contributed by atoms with Crippen molar-refractivity contribution in [2.24, 2.45) is 0 Å². The van der Waals surface area contributed by atoms with Crippen LogP contribution in [0.25, 0.3) is 10.8 Å². The predicted molar refractivity (Wildman–Crippen MR) is 117 cm³/mol. The van der Waals surface area contributed by atoms with Crippen LogP contribution < -0.4 is 9.47 Å². The minimum atomic E-state index is -0.305. The quantitative estimate of drug-likeness (QED) is 0.285. The lowest BCUT2D eigenvalue weighted by Gasteiger charge is -2.35. The van der Waals surface area contributed by atoms with Gasteiger partial charge in [-0.1, -0.05) is 66.2 Å². The lowest BCUT2D eigenvalue weighted by molar-refractivity contribution is 0.0754. The zero-order valence-corrected chi connectivity index (χ0v) is 16.7. The van der Waals surface area contributed by atoms with Crippen LogP contribution in [0.5, 0.6) is 11.5 Å². The van der Waals surface area contributed by atoms with Gasteiger partial charge in [-0.2, -0.15) is 0 Å². The highest BCUT2D eigenvalue weighted by Gasteiger charge is 2.37. The van der Waals surface area contributed by atoms with Crippen LogP contribution in [0.2, 0.25) is 5.02 Å². The molecule has 4 aromatic carbocycles. The van der Waals surface area contributed by atoms with E-state index in [2.05, 4.69) is 36.4 Å². The van der Waals surface area contributed by atoms with Crippen LogP contribution >= 0.6 is 11.6 Å². The summed E-state index contributed by atoms with van der Waals surface area (Å²) in [6.45, 7) is 0.553. The van der Waals surface area contributed by atoms with E-state index in [4.69, 9.17) is 21.1 Å². The van der Waals surface area contributed by atoms with Crippen LogP contribution in [0, 0.1) is 0 Å². The molecule has 6 rings (SSSR count). The molecule has 3 nitrogen and oxygen atoms in total. The second-order valence-corrected chi connectivity index (χ2v) is 8.20. The fraction of sp³-hybridized carbons (Fsp3) is 0.115. The third-order valence-corrected chi connectivity index (χ3v) is 6.38.